The first kappa shape index (κ1) is 12.2. The van der Waals surface area contributed by atoms with E-state index in [9.17, 15) is 14.4 Å². The fourth-order valence-electron chi connectivity index (χ4n) is 2.07. The lowest BCUT2D eigenvalue weighted by atomic mass is 10.1. The third-order valence-corrected chi connectivity index (χ3v) is 4.01. The van der Waals surface area contributed by atoms with E-state index in [1.54, 1.807) is 0 Å². The second-order valence-electron chi connectivity index (χ2n) is 4.12. The van der Waals surface area contributed by atoms with Gasteiger partial charge in [-0.05, 0) is 6.42 Å². The topological polar surface area (TPSA) is 86.7 Å². The van der Waals surface area contributed by atoms with E-state index in [0.717, 1.165) is 5.75 Å². The van der Waals surface area contributed by atoms with Crippen molar-refractivity contribution < 1.29 is 19.5 Å². The van der Waals surface area contributed by atoms with E-state index < -0.39 is 18.1 Å². The van der Waals surface area contributed by atoms with E-state index in [0.29, 0.717) is 25.1 Å². The number of rotatable bonds is 2. The molecule has 2 saturated heterocycles. The van der Waals surface area contributed by atoms with Gasteiger partial charge < -0.3 is 15.3 Å². The molecule has 2 heterocycles. The molecular weight excluding hydrogens is 244 g/mol. The van der Waals surface area contributed by atoms with Crippen molar-refractivity contribution in [2.24, 2.45) is 0 Å². The molecule has 94 valence electrons. The Balaban J connectivity index is 2.06. The molecule has 17 heavy (non-hydrogen) atoms. The highest BCUT2D eigenvalue weighted by Gasteiger charge is 2.37. The Kier molecular flexibility index (Phi) is 3.56. The van der Waals surface area contributed by atoms with Gasteiger partial charge in [0.05, 0.1) is 0 Å². The molecule has 2 unspecified atom stereocenters. The number of nitrogens with zero attached hydrogens (tertiary/aromatic N) is 1. The monoisotopic (exact) mass is 258 g/mol. The van der Waals surface area contributed by atoms with Gasteiger partial charge in [-0.25, -0.2) is 4.79 Å². The second kappa shape index (κ2) is 4.95. The van der Waals surface area contributed by atoms with E-state index in [-0.39, 0.29) is 11.8 Å². The number of thioether (sulfide) groups is 1. The van der Waals surface area contributed by atoms with Gasteiger partial charge >= 0.3 is 5.97 Å². The summed E-state index contributed by atoms with van der Waals surface area (Å²) >= 11 is 1.53. The van der Waals surface area contributed by atoms with Crippen LogP contribution in [0, 0.1) is 0 Å². The van der Waals surface area contributed by atoms with E-state index in [1.165, 1.54) is 16.7 Å². The molecule has 6 nitrogen and oxygen atoms in total. The lowest BCUT2D eigenvalue weighted by Crippen LogP contribution is -2.55. The number of amides is 2. The number of carboxylic acids is 1. The molecule has 2 N–H and O–H groups in total. The molecule has 0 aromatic carbocycles. The molecule has 2 aliphatic heterocycles. The van der Waals surface area contributed by atoms with Gasteiger partial charge in [0, 0.05) is 24.5 Å². The van der Waals surface area contributed by atoms with Crippen LogP contribution >= 0.6 is 11.8 Å². The Morgan fingerprint density at radius 1 is 1.47 bits per heavy atom. The molecule has 0 saturated carbocycles. The first-order valence-electron chi connectivity index (χ1n) is 5.50. The maximum Gasteiger partial charge on any atom is 0.327 e. The normalized spacial score (nSPS) is 28.9. The third kappa shape index (κ3) is 2.54. The van der Waals surface area contributed by atoms with Gasteiger partial charge in [0.15, 0.2) is 0 Å². The molecule has 0 aliphatic carbocycles. The molecule has 2 amide bonds. The molecule has 0 aromatic heterocycles. The minimum Gasteiger partial charge on any atom is -0.480 e. The smallest absolute Gasteiger partial charge is 0.327 e. The van der Waals surface area contributed by atoms with E-state index in [1.807, 2.05) is 0 Å². The number of aliphatic carboxylic acids is 1. The summed E-state index contributed by atoms with van der Waals surface area (Å²) in [5, 5.41) is 11.6. The Morgan fingerprint density at radius 3 is 2.82 bits per heavy atom. The largest absolute Gasteiger partial charge is 0.480 e. The van der Waals surface area contributed by atoms with Crippen LogP contribution in [0.25, 0.3) is 0 Å². The Hall–Kier alpha value is -1.24. The van der Waals surface area contributed by atoms with Crippen molar-refractivity contribution in [1.29, 1.82) is 0 Å². The molecule has 2 fully saturated rings. The molecule has 0 spiro atoms. The molecule has 2 rings (SSSR count). The average molecular weight is 258 g/mol. The van der Waals surface area contributed by atoms with Gasteiger partial charge in [-0.15, -0.1) is 0 Å². The van der Waals surface area contributed by atoms with Crippen molar-refractivity contribution in [3.05, 3.63) is 0 Å². The van der Waals surface area contributed by atoms with Gasteiger partial charge in [-0.3, -0.25) is 9.59 Å². The molecule has 2 aliphatic rings. The average Bonchev–Trinajstić information content (AvgIpc) is 2.75. The van der Waals surface area contributed by atoms with Crippen LogP contribution in [0.15, 0.2) is 0 Å². The summed E-state index contributed by atoms with van der Waals surface area (Å²) in [6.45, 7) is 0.437. The van der Waals surface area contributed by atoms with Crippen molar-refractivity contribution in [3.63, 3.8) is 0 Å². The van der Waals surface area contributed by atoms with Gasteiger partial charge in [-0.2, -0.15) is 11.8 Å². The number of carbonyl (C=O) groups is 3. The Morgan fingerprint density at radius 2 is 2.24 bits per heavy atom. The fourth-order valence-corrected chi connectivity index (χ4v) is 3.11. The van der Waals surface area contributed by atoms with Crippen LogP contribution in [0.3, 0.4) is 0 Å². The first-order valence-corrected chi connectivity index (χ1v) is 6.65. The van der Waals surface area contributed by atoms with Gasteiger partial charge in [0.1, 0.15) is 12.1 Å². The summed E-state index contributed by atoms with van der Waals surface area (Å²) in [4.78, 5) is 35.6. The van der Waals surface area contributed by atoms with Crippen LogP contribution in [0.4, 0.5) is 0 Å². The zero-order valence-corrected chi connectivity index (χ0v) is 10.0. The van der Waals surface area contributed by atoms with Crippen LogP contribution in [-0.2, 0) is 14.4 Å². The molecule has 0 aromatic rings. The molecular formula is C10H14N2O4S. The summed E-state index contributed by atoms with van der Waals surface area (Å²) in [5.74, 6) is -0.210. The highest BCUT2D eigenvalue weighted by atomic mass is 32.2. The lowest BCUT2D eigenvalue weighted by Gasteiger charge is -2.34. The summed E-state index contributed by atoms with van der Waals surface area (Å²) in [7, 11) is 0. The third-order valence-electron chi connectivity index (χ3n) is 2.99. The van der Waals surface area contributed by atoms with E-state index >= 15 is 0 Å². The van der Waals surface area contributed by atoms with E-state index in [2.05, 4.69) is 5.32 Å². The second-order valence-corrected chi connectivity index (χ2v) is 5.27. The molecule has 7 heteroatoms. The highest BCUT2D eigenvalue weighted by Crippen LogP contribution is 2.19. The lowest BCUT2D eigenvalue weighted by molar-refractivity contribution is -0.150. The van der Waals surface area contributed by atoms with Crippen LogP contribution in [0.2, 0.25) is 0 Å². The predicted octanol–water partition coefficient (Wildman–Crippen LogP) is -0.706. The van der Waals surface area contributed by atoms with Crippen molar-refractivity contribution in [3.8, 4) is 0 Å². The minimum atomic E-state index is -0.977. The molecule has 0 radical (unpaired) electrons. The van der Waals surface area contributed by atoms with Crippen LogP contribution < -0.4 is 5.32 Å². The number of carboxylic acid groups (broad SMARTS) is 1. The van der Waals surface area contributed by atoms with Gasteiger partial charge in [0.2, 0.25) is 11.8 Å². The zero-order valence-electron chi connectivity index (χ0n) is 9.22. The zero-order chi connectivity index (χ0) is 12.4. The van der Waals surface area contributed by atoms with Crippen molar-refractivity contribution in [1.82, 2.24) is 10.2 Å². The first-order chi connectivity index (χ1) is 8.09. The molecule has 2 atom stereocenters. The van der Waals surface area contributed by atoms with Crippen LogP contribution in [0.1, 0.15) is 12.8 Å². The van der Waals surface area contributed by atoms with Crippen LogP contribution in [-0.4, -0.2) is 57.9 Å². The SMILES string of the molecule is O=C1CCC(C(=O)N2CCSCC2C(=O)O)N1. The Labute approximate surface area is 103 Å². The fraction of sp³-hybridized carbons (Fsp3) is 0.700. The highest BCUT2D eigenvalue weighted by molar-refractivity contribution is 7.99. The standard InChI is InChI=1S/C10H14N2O4S/c13-8-2-1-6(11-8)9(14)12-3-4-17-5-7(12)10(15)16/h6-7H,1-5H2,(H,11,13)(H,15,16). The minimum absolute atomic E-state index is 0.137. The summed E-state index contributed by atoms with van der Waals surface area (Å²) in [5.41, 5.74) is 0. The van der Waals surface area contributed by atoms with Crippen molar-refractivity contribution in [2.45, 2.75) is 24.9 Å². The summed E-state index contributed by atoms with van der Waals surface area (Å²) in [6.07, 6.45) is 0.810. The van der Waals surface area contributed by atoms with Crippen molar-refractivity contribution in [2.75, 3.05) is 18.1 Å². The van der Waals surface area contributed by atoms with Crippen molar-refractivity contribution >= 4 is 29.5 Å². The maximum atomic E-state index is 12.1. The molecule has 0 bridgehead atoms. The maximum absolute atomic E-state index is 12.1. The number of hydrogen-bond donors (Lipinski definition) is 2. The number of carbonyl (C=O) groups excluding carboxylic acids is 2. The quantitative estimate of drug-likeness (QED) is 0.683. The predicted molar refractivity (Wildman–Crippen MR) is 61.6 cm³/mol. The summed E-state index contributed by atoms with van der Waals surface area (Å²) in [6, 6.07) is -1.30. The number of hydrogen-bond acceptors (Lipinski definition) is 4. The van der Waals surface area contributed by atoms with Crippen LogP contribution in [0.5, 0.6) is 0 Å². The summed E-state index contributed by atoms with van der Waals surface area (Å²) < 4.78 is 0. The number of nitrogens with one attached hydrogen (secondary N) is 1. The Bertz CT molecular complexity index is 360. The van der Waals surface area contributed by atoms with E-state index in [4.69, 9.17) is 5.11 Å². The van der Waals surface area contributed by atoms with Gasteiger partial charge in [0.25, 0.3) is 0 Å². The van der Waals surface area contributed by atoms with Gasteiger partial charge in [-0.1, -0.05) is 0 Å².